The van der Waals surface area contributed by atoms with Crippen molar-refractivity contribution < 1.29 is 18.7 Å². The number of carboxylic acid groups (broad SMARTS) is 1. The average molecular weight is 987 g/mol. The summed E-state index contributed by atoms with van der Waals surface area (Å²) >= 11 is 3.08. The average Bonchev–Trinajstić information content (AvgIpc) is 4.09. The summed E-state index contributed by atoms with van der Waals surface area (Å²) < 4.78 is 11.6. The van der Waals surface area contributed by atoms with E-state index < -0.39 is 17.2 Å². The smallest absolute Gasteiger partial charge is 0.343 e. The summed E-state index contributed by atoms with van der Waals surface area (Å²) in [7, 11) is 0. The highest BCUT2D eigenvalue weighted by Gasteiger charge is 2.16. The Labute approximate surface area is 425 Å². The van der Waals surface area contributed by atoms with Gasteiger partial charge in [-0.25, -0.2) is 14.4 Å². The third-order valence-corrected chi connectivity index (χ3v) is 14.8. The van der Waals surface area contributed by atoms with Crippen molar-refractivity contribution >= 4 is 109 Å². The fraction of sp³-hybridized carbons (Fsp3) is 0.133. The summed E-state index contributed by atoms with van der Waals surface area (Å²) in [4.78, 5) is 51.2. The Morgan fingerprint density at radius 2 is 0.972 bits per heavy atom. The second-order valence-electron chi connectivity index (χ2n) is 16.8. The number of carbonyl (C=O) groups is 1. The van der Waals surface area contributed by atoms with Crippen LogP contribution in [0.4, 0.5) is 28.4 Å². The molecule has 4 heterocycles. The fourth-order valence-electron chi connectivity index (χ4n) is 8.56. The first-order valence-electron chi connectivity index (χ1n) is 23.7. The Bertz CT molecular complexity index is 3520. The van der Waals surface area contributed by atoms with Crippen LogP contribution in [-0.2, 0) is 4.79 Å². The van der Waals surface area contributed by atoms with E-state index in [-0.39, 0.29) is 5.70 Å². The van der Waals surface area contributed by atoms with Gasteiger partial charge in [0, 0.05) is 97.0 Å². The van der Waals surface area contributed by atoms with E-state index in [0.29, 0.717) is 27.2 Å². The number of hydrogen-bond donors (Lipinski definition) is 1. The van der Waals surface area contributed by atoms with Gasteiger partial charge < -0.3 is 28.6 Å². The molecular weight excluding hydrogens is 937 g/mol. The van der Waals surface area contributed by atoms with Crippen molar-refractivity contribution in [2.45, 2.75) is 27.7 Å². The van der Waals surface area contributed by atoms with Crippen LogP contribution >= 0.6 is 22.7 Å². The molecule has 0 aliphatic carbocycles. The van der Waals surface area contributed by atoms with Gasteiger partial charge in [-0.15, -0.1) is 22.7 Å². The first-order valence-corrected chi connectivity index (χ1v) is 25.3. The maximum Gasteiger partial charge on any atom is 0.343 e. The lowest BCUT2D eigenvalue weighted by atomic mass is 10.1. The third kappa shape index (κ3) is 10.6. The Morgan fingerprint density at radius 1 is 0.542 bits per heavy atom. The van der Waals surface area contributed by atoms with Crippen molar-refractivity contribution in [1.82, 2.24) is 0 Å². The molecule has 0 amide bonds. The standard InChI is InChI=1S/C60H50N4O6S2/c1-6-62(7-2)49-28-20-42-34-44(59(67)69-53(42)36-49)16-10-39-12-22-46(23-13-39)64(48-26-18-41(19-27-48)55-32-33-57(72-55)56-31-30-51(71-56)38-52(61-5)58(65)66)47-24-14-40(15-25-47)11-17-45-35-43-21-29-50(63(8-3)9-4)37-54(43)70-60(45)68/h10-38H,6-9H2,1-4H3,(H,65,66)/b16-10+,17-11+,52-38-. The highest BCUT2D eigenvalue weighted by Crippen LogP contribution is 2.41. The summed E-state index contributed by atoms with van der Waals surface area (Å²) in [6.45, 7) is 19.0. The number of nitrogens with zero attached hydrogens (tertiary/aromatic N) is 4. The monoisotopic (exact) mass is 986 g/mol. The molecule has 0 aliphatic heterocycles. The van der Waals surface area contributed by atoms with Gasteiger partial charge in [-0.2, -0.15) is 0 Å². The van der Waals surface area contributed by atoms with Crippen LogP contribution in [0.2, 0.25) is 0 Å². The third-order valence-electron chi connectivity index (χ3n) is 12.5. The topological polar surface area (TPSA) is 112 Å². The molecule has 0 radical (unpaired) electrons. The molecule has 0 aliphatic rings. The fourth-order valence-corrected chi connectivity index (χ4v) is 10.6. The maximum atomic E-state index is 13.1. The number of aliphatic carboxylic acids is 1. The Kier molecular flexibility index (Phi) is 14.6. The molecule has 5 aromatic carbocycles. The van der Waals surface area contributed by atoms with Gasteiger partial charge in [-0.1, -0.05) is 48.6 Å². The highest BCUT2D eigenvalue weighted by molar-refractivity contribution is 7.24. The van der Waals surface area contributed by atoms with Crippen LogP contribution in [0.5, 0.6) is 0 Å². The van der Waals surface area contributed by atoms with Crippen LogP contribution < -0.4 is 26.0 Å². The molecule has 0 saturated carbocycles. The molecule has 0 unspecified atom stereocenters. The largest absolute Gasteiger partial charge is 0.486 e. The molecule has 0 saturated heterocycles. The van der Waals surface area contributed by atoms with Gasteiger partial charge >= 0.3 is 17.2 Å². The molecule has 9 rings (SSSR count). The highest BCUT2D eigenvalue weighted by atomic mass is 32.1. The van der Waals surface area contributed by atoms with Gasteiger partial charge in [-0.05, 0) is 160 Å². The van der Waals surface area contributed by atoms with Crippen LogP contribution in [-0.4, -0.2) is 37.3 Å². The van der Waals surface area contributed by atoms with Crippen molar-refractivity contribution in [3.8, 4) is 20.2 Å². The summed E-state index contributed by atoms with van der Waals surface area (Å²) in [6, 6.07) is 48.3. The molecule has 4 aromatic heterocycles. The Balaban J connectivity index is 0.990. The zero-order valence-electron chi connectivity index (χ0n) is 40.2. The zero-order valence-corrected chi connectivity index (χ0v) is 41.8. The van der Waals surface area contributed by atoms with Crippen molar-refractivity contribution in [3.05, 3.63) is 211 Å². The van der Waals surface area contributed by atoms with Crippen molar-refractivity contribution in [2.75, 3.05) is 40.9 Å². The molecule has 0 bridgehead atoms. The van der Waals surface area contributed by atoms with Gasteiger partial charge in [0.1, 0.15) is 11.2 Å². The quantitative estimate of drug-likeness (QED) is 0.0541. The normalized spacial score (nSPS) is 11.7. The van der Waals surface area contributed by atoms with E-state index in [1.54, 1.807) is 23.5 Å². The van der Waals surface area contributed by atoms with E-state index in [0.717, 1.165) is 96.7 Å². The predicted molar refractivity (Wildman–Crippen MR) is 300 cm³/mol. The first-order chi connectivity index (χ1) is 35.0. The molecular formula is C60H50N4O6S2. The van der Waals surface area contributed by atoms with E-state index in [1.165, 1.54) is 17.4 Å². The van der Waals surface area contributed by atoms with E-state index in [2.05, 4.69) is 120 Å². The summed E-state index contributed by atoms with van der Waals surface area (Å²) in [6.07, 6.45) is 8.81. The number of thiophene rings is 2. The minimum absolute atomic E-state index is 0.320. The molecule has 12 heteroatoms. The van der Waals surface area contributed by atoms with E-state index in [1.807, 2.05) is 84.9 Å². The lowest BCUT2D eigenvalue weighted by Gasteiger charge is -2.26. The number of hydrogen-bond acceptors (Lipinski definition) is 10. The van der Waals surface area contributed by atoms with Gasteiger partial charge in [0.25, 0.3) is 5.70 Å². The minimum atomic E-state index is -1.24. The van der Waals surface area contributed by atoms with Crippen LogP contribution in [0.25, 0.3) is 77.4 Å². The molecule has 72 heavy (non-hydrogen) atoms. The molecule has 0 spiro atoms. The minimum Gasteiger partial charge on any atom is -0.486 e. The van der Waals surface area contributed by atoms with Crippen LogP contribution in [0.15, 0.2) is 170 Å². The molecule has 358 valence electrons. The lowest BCUT2D eigenvalue weighted by molar-refractivity contribution is -0.132. The van der Waals surface area contributed by atoms with Crippen LogP contribution in [0.3, 0.4) is 0 Å². The number of benzene rings is 5. The number of rotatable bonds is 17. The van der Waals surface area contributed by atoms with Crippen molar-refractivity contribution in [3.63, 3.8) is 0 Å². The summed E-state index contributed by atoms with van der Waals surface area (Å²) in [5, 5.41) is 11.0. The second-order valence-corrected chi connectivity index (χ2v) is 19.0. The van der Waals surface area contributed by atoms with Gasteiger partial charge in [0.2, 0.25) is 0 Å². The molecule has 0 fully saturated rings. The Hall–Kier alpha value is -8.50. The Morgan fingerprint density at radius 3 is 1.43 bits per heavy atom. The second kappa shape index (κ2) is 21.6. The van der Waals surface area contributed by atoms with E-state index in [9.17, 15) is 19.5 Å². The van der Waals surface area contributed by atoms with Gasteiger partial charge in [0.05, 0.1) is 17.7 Å². The van der Waals surface area contributed by atoms with Crippen LogP contribution in [0.1, 0.15) is 54.8 Å². The van der Waals surface area contributed by atoms with Crippen molar-refractivity contribution in [2.24, 2.45) is 0 Å². The van der Waals surface area contributed by atoms with Gasteiger partial charge in [-0.3, -0.25) is 4.79 Å². The lowest BCUT2D eigenvalue weighted by Crippen LogP contribution is -2.21. The number of carboxylic acids is 1. The zero-order chi connectivity index (χ0) is 50.3. The summed E-state index contributed by atoms with van der Waals surface area (Å²) in [5.74, 6) is -1.24. The predicted octanol–water partition coefficient (Wildman–Crippen LogP) is 15.2. The SMILES string of the molecule is [C-]#[N+]/C(=C\c1ccc(-c2ccc(-c3ccc(N(c4ccc(/C=C/c5cc6ccc(N(CC)CC)cc6oc5=O)cc4)c4ccc(/C=C/c5cc6ccc(N(CC)CC)cc6oc5=O)cc4)cc3)s2)s1)C(=O)O. The molecule has 1 N–H and O–H groups in total. The molecule has 0 atom stereocenters. The van der Waals surface area contributed by atoms with Crippen LogP contribution in [0, 0.1) is 6.57 Å². The number of fused-ring (bicyclic) bond motifs is 2. The molecule has 10 nitrogen and oxygen atoms in total. The van der Waals surface area contributed by atoms with Gasteiger partial charge in [0.15, 0.2) is 0 Å². The van der Waals surface area contributed by atoms with E-state index in [4.69, 9.17) is 15.4 Å². The summed E-state index contributed by atoms with van der Waals surface area (Å²) in [5.41, 5.74) is 8.59. The van der Waals surface area contributed by atoms with E-state index >= 15 is 0 Å². The first kappa shape index (κ1) is 48.5. The number of anilines is 5. The maximum absolute atomic E-state index is 13.1. The van der Waals surface area contributed by atoms with Crippen molar-refractivity contribution in [1.29, 1.82) is 0 Å². The molecule has 9 aromatic rings.